The Labute approximate surface area is 170 Å². The van der Waals surface area contributed by atoms with Gasteiger partial charge in [0.2, 0.25) is 0 Å². The van der Waals surface area contributed by atoms with Crippen molar-refractivity contribution >= 4 is 5.97 Å². The first-order valence-electron chi connectivity index (χ1n) is 9.63. The number of methoxy groups -OCH3 is 1. The minimum absolute atomic E-state index is 0.210. The third-order valence-corrected chi connectivity index (χ3v) is 5.40. The molecule has 1 saturated heterocycles. The van der Waals surface area contributed by atoms with Gasteiger partial charge in [-0.25, -0.2) is 4.98 Å². The van der Waals surface area contributed by atoms with Crippen molar-refractivity contribution in [1.82, 2.24) is 9.55 Å². The molecule has 150 valence electrons. The molecular formula is C23H24N2O4. The molecule has 6 heteroatoms. The number of hydrogen-bond donors (Lipinski definition) is 0. The number of carbonyl (C=O) groups is 1. The quantitative estimate of drug-likeness (QED) is 0.595. The summed E-state index contributed by atoms with van der Waals surface area (Å²) in [5.41, 5.74) is 2.41. The SMILES string of the molecule is COC1(c2cccc(OCc3ccc(-n4ccnc4C)cc3)c2)CCOC(=O)C1. The second-order valence-corrected chi connectivity index (χ2v) is 7.17. The molecule has 29 heavy (non-hydrogen) atoms. The number of cyclic esters (lactones) is 1. The van der Waals surface area contributed by atoms with E-state index in [4.69, 9.17) is 14.2 Å². The van der Waals surface area contributed by atoms with Crippen molar-refractivity contribution < 1.29 is 19.0 Å². The average Bonchev–Trinajstić information content (AvgIpc) is 3.18. The number of nitrogens with zero attached hydrogens (tertiary/aromatic N) is 2. The summed E-state index contributed by atoms with van der Waals surface area (Å²) < 4.78 is 18.9. The van der Waals surface area contributed by atoms with Crippen molar-refractivity contribution in [3.05, 3.63) is 77.9 Å². The topological polar surface area (TPSA) is 62.6 Å². The molecular weight excluding hydrogens is 368 g/mol. The van der Waals surface area contributed by atoms with Crippen LogP contribution < -0.4 is 4.74 Å². The molecule has 1 atom stereocenters. The Morgan fingerprint density at radius 3 is 2.72 bits per heavy atom. The summed E-state index contributed by atoms with van der Waals surface area (Å²) >= 11 is 0. The number of esters is 1. The maximum absolute atomic E-state index is 11.8. The molecule has 0 amide bonds. The standard InChI is InChI=1S/C23H24N2O4/c1-17-24-11-12-25(17)20-8-6-18(7-9-20)16-29-21-5-3-4-19(14-21)23(27-2)10-13-28-22(26)15-23/h3-9,11-12,14H,10,13,15-16H2,1-2H3. The largest absolute Gasteiger partial charge is 0.489 e. The van der Waals surface area contributed by atoms with Crippen molar-refractivity contribution in [1.29, 1.82) is 0 Å². The molecule has 0 radical (unpaired) electrons. The average molecular weight is 392 g/mol. The maximum atomic E-state index is 11.8. The van der Waals surface area contributed by atoms with Crippen LogP contribution >= 0.6 is 0 Å². The molecule has 2 heterocycles. The monoisotopic (exact) mass is 392 g/mol. The van der Waals surface area contributed by atoms with Gasteiger partial charge >= 0.3 is 5.97 Å². The molecule has 0 saturated carbocycles. The van der Waals surface area contributed by atoms with Crippen LogP contribution in [-0.4, -0.2) is 29.2 Å². The molecule has 0 N–H and O–H groups in total. The first kappa shape index (κ1) is 19.2. The lowest BCUT2D eigenvalue weighted by molar-refractivity contribution is -0.164. The second kappa shape index (κ2) is 8.09. The Morgan fingerprint density at radius 2 is 2.03 bits per heavy atom. The highest BCUT2D eigenvalue weighted by Crippen LogP contribution is 2.37. The first-order valence-corrected chi connectivity index (χ1v) is 9.63. The van der Waals surface area contributed by atoms with Crippen LogP contribution in [-0.2, 0) is 26.5 Å². The van der Waals surface area contributed by atoms with Crippen LogP contribution in [0.25, 0.3) is 5.69 Å². The highest BCUT2D eigenvalue weighted by molar-refractivity contribution is 5.72. The zero-order valence-corrected chi connectivity index (χ0v) is 16.6. The molecule has 0 spiro atoms. The fourth-order valence-electron chi connectivity index (χ4n) is 3.68. The van der Waals surface area contributed by atoms with Gasteiger partial charge in [0.1, 0.15) is 23.8 Å². The van der Waals surface area contributed by atoms with Gasteiger partial charge in [-0.1, -0.05) is 24.3 Å². The molecule has 3 aromatic rings. The van der Waals surface area contributed by atoms with Gasteiger partial charge < -0.3 is 18.8 Å². The smallest absolute Gasteiger partial charge is 0.309 e. The van der Waals surface area contributed by atoms with E-state index in [9.17, 15) is 4.79 Å². The highest BCUT2D eigenvalue weighted by atomic mass is 16.5. The van der Waals surface area contributed by atoms with Crippen molar-refractivity contribution in [3.8, 4) is 11.4 Å². The Morgan fingerprint density at radius 1 is 1.21 bits per heavy atom. The van der Waals surface area contributed by atoms with E-state index in [0.717, 1.165) is 28.4 Å². The number of imidazole rings is 1. The summed E-state index contributed by atoms with van der Waals surface area (Å²) in [4.78, 5) is 16.1. The predicted molar refractivity (Wildman–Crippen MR) is 108 cm³/mol. The number of carbonyl (C=O) groups excluding carboxylic acids is 1. The summed E-state index contributed by atoms with van der Waals surface area (Å²) in [6.45, 7) is 2.79. The lowest BCUT2D eigenvalue weighted by Gasteiger charge is -2.35. The first-order chi connectivity index (χ1) is 14.1. The van der Waals surface area contributed by atoms with Gasteiger partial charge in [0, 0.05) is 31.6 Å². The van der Waals surface area contributed by atoms with Crippen LogP contribution in [0.15, 0.2) is 60.9 Å². The number of aryl methyl sites for hydroxylation is 1. The van der Waals surface area contributed by atoms with Crippen LogP contribution in [0.3, 0.4) is 0 Å². The Kier molecular flexibility index (Phi) is 5.36. The third-order valence-electron chi connectivity index (χ3n) is 5.40. The zero-order valence-electron chi connectivity index (χ0n) is 16.6. The highest BCUT2D eigenvalue weighted by Gasteiger charge is 2.39. The molecule has 1 unspecified atom stereocenters. The van der Waals surface area contributed by atoms with E-state index in [1.807, 2.05) is 54.1 Å². The van der Waals surface area contributed by atoms with E-state index in [1.165, 1.54) is 0 Å². The number of hydrogen-bond acceptors (Lipinski definition) is 5. The van der Waals surface area contributed by atoms with E-state index in [0.29, 0.717) is 19.6 Å². The van der Waals surface area contributed by atoms with Gasteiger partial charge in [-0.3, -0.25) is 4.79 Å². The third kappa shape index (κ3) is 4.03. The predicted octanol–water partition coefficient (Wildman–Crippen LogP) is 3.94. The number of rotatable bonds is 6. The van der Waals surface area contributed by atoms with Crippen LogP contribution in [0.5, 0.6) is 5.75 Å². The summed E-state index contributed by atoms with van der Waals surface area (Å²) in [5, 5.41) is 0. The number of benzene rings is 2. The lowest BCUT2D eigenvalue weighted by Crippen LogP contribution is -2.38. The Balaban J connectivity index is 1.46. The van der Waals surface area contributed by atoms with Crippen LogP contribution in [0.1, 0.15) is 29.8 Å². The van der Waals surface area contributed by atoms with Crippen molar-refractivity contribution in [2.24, 2.45) is 0 Å². The Bertz CT molecular complexity index is 996. The zero-order chi connectivity index (χ0) is 20.3. The molecule has 1 aliphatic heterocycles. The minimum Gasteiger partial charge on any atom is -0.489 e. The van der Waals surface area contributed by atoms with E-state index in [2.05, 4.69) is 17.1 Å². The van der Waals surface area contributed by atoms with Crippen LogP contribution in [0, 0.1) is 6.92 Å². The summed E-state index contributed by atoms with van der Waals surface area (Å²) in [6.07, 6.45) is 4.58. The van der Waals surface area contributed by atoms with Crippen LogP contribution in [0.4, 0.5) is 0 Å². The summed E-state index contributed by atoms with van der Waals surface area (Å²) in [7, 11) is 1.63. The van der Waals surface area contributed by atoms with Crippen molar-refractivity contribution in [2.45, 2.75) is 32.0 Å². The fourth-order valence-corrected chi connectivity index (χ4v) is 3.68. The van der Waals surface area contributed by atoms with Crippen molar-refractivity contribution in [2.75, 3.05) is 13.7 Å². The van der Waals surface area contributed by atoms with E-state index >= 15 is 0 Å². The maximum Gasteiger partial charge on any atom is 0.309 e. The van der Waals surface area contributed by atoms with E-state index < -0.39 is 5.60 Å². The molecule has 6 nitrogen and oxygen atoms in total. The van der Waals surface area contributed by atoms with Gasteiger partial charge in [0.25, 0.3) is 0 Å². The molecule has 0 aliphatic carbocycles. The van der Waals surface area contributed by atoms with Gasteiger partial charge in [-0.15, -0.1) is 0 Å². The molecule has 1 aromatic heterocycles. The molecule has 4 rings (SSSR count). The Hall–Kier alpha value is -3.12. The second-order valence-electron chi connectivity index (χ2n) is 7.17. The lowest BCUT2D eigenvalue weighted by atomic mass is 9.86. The van der Waals surface area contributed by atoms with Crippen LogP contribution in [0.2, 0.25) is 0 Å². The molecule has 1 fully saturated rings. The van der Waals surface area contributed by atoms with E-state index in [1.54, 1.807) is 13.3 Å². The van der Waals surface area contributed by atoms with Gasteiger partial charge in [-0.05, 0) is 42.3 Å². The van der Waals surface area contributed by atoms with Gasteiger partial charge in [0.15, 0.2) is 0 Å². The van der Waals surface area contributed by atoms with Gasteiger partial charge in [0.05, 0.1) is 13.0 Å². The van der Waals surface area contributed by atoms with E-state index in [-0.39, 0.29) is 12.4 Å². The molecule has 0 bridgehead atoms. The normalized spacial score (nSPS) is 19.0. The molecule has 2 aromatic carbocycles. The summed E-state index contributed by atoms with van der Waals surface area (Å²) in [5.74, 6) is 1.45. The minimum atomic E-state index is -0.654. The number of ether oxygens (including phenoxy) is 3. The summed E-state index contributed by atoms with van der Waals surface area (Å²) in [6, 6.07) is 16.0. The van der Waals surface area contributed by atoms with Gasteiger partial charge in [-0.2, -0.15) is 0 Å². The van der Waals surface area contributed by atoms with Crippen molar-refractivity contribution in [3.63, 3.8) is 0 Å². The molecule has 1 aliphatic rings. The number of aromatic nitrogens is 2. The fraction of sp³-hybridized carbons (Fsp3) is 0.304.